The molecule has 1 saturated heterocycles. The number of nitrogens with zero attached hydrogens (tertiary/aromatic N) is 2. The Kier molecular flexibility index (Phi) is 8.59. The van der Waals surface area contributed by atoms with Crippen LogP contribution in [-0.4, -0.2) is 83.3 Å². The van der Waals surface area contributed by atoms with E-state index >= 15 is 0 Å². The lowest BCUT2D eigenvalue weighted by molar-refractivity contribution is -0.116. The second-order valence-electron chi connectivity index (χ2n) is 8.05. The molecule has 184 valence electrons. The largest absolute Gasteiger partial charge is 0.495 e. The Labute approximate surface area is 200 Å². The van der Waals surface area contributed by atoms with Gasteiger partial charge in [-0.25, -0.2) is 0 Å². The maximum atomic E-state index is 13.0. The van der Waals surface area contributed by atoms with Gasteiger partial charge in [-0.15, -0.1) is 0 Å². The molecule has 1 fully saturated rings. The Morgan fingerprint density at radius 2 is 1.50 bits per heavy atom. The Morgan fingerprint density at radius 3 is 2.12 bits per heavy atom. The molecule has 3 rings (SSSR count). The smallest absolute Gasteiger partial charge is 0.254 e. The quantitative estimate of drug-likeness (QED) is 0.601. The number of carbonyl (C=O) groups is 2. The van der Waals surface area contributed by atoms with Crippen LogP contribution in [0.5, 0.6) is 23.0 Å². The highest BCUT2D eigenvalue weighted by Crippen LogP contribution is 2.40. The number of amides is 2. The number of ether oxygens (including phenoxy) is 4. The molecular weight excluding hydrogens is 438 g/mol. The van der Waals surface area contributed by atoms with Gasteiger partial charge >= 0.3 is 0 Å². The van der Waals surface area contributed by atoms with Gasteiger partial charge in [0, 0.05) is 38.2 Å². The maximum absolute atomic E-state index is 13.0. The van der Waals surface area contributed by atoms with Gasteiger partial charge in [0.2, 0.25) is 11.7 Å². The van der Waals surface area contributed by atoms with E-state index in [0.717, 1.165) is 18.7 Å². The van der Waals surface area contributed by atoms with E-state index < -0.39 is 0 Å². The summed E-state index contributed by atoms with van der Waals surface area (Å²) in [5, 5.41) is 2.89. The zero-order valence-electron chi connectivity index (χ0n) is 20.5. The van der Waals surface area contributed by atoms with Crippen LogP contribution >= 0.6 is 0 Å². The van der Waals surface area contributed by atoms with Crippen LogP contribution in [0.4, 0.5) is 5.69 Å². The lowest BCUT2D eigenvalue weighted by atomic mass is 10.1. The summed E-state index contributed by atoms with van der Waals surface area (Å²) in [6.07, 6.45) is 0.628. The number of methoxy groups -OCH3 is 4. The number of aryl methyl sites for hydroxylation is 1. The van der Waals surface area contributed by atoms with Gasteiger partial charge < -0.3 is 34.1 Å². The molecule has 9 heteroatoms. The average molecular weight is 472 g/mol. The zero-order chi connectivity index (χ0) is 24.7. The van der Waals surface area contributed by atoms with E-state index in [0.29, 0.717) is 53.8 Å². The number of likely N-dealkylation sites (N-methyl/N-ethyl adjacent to an activating group) is 1. The number of rotatable bonds is 9. The highest BCUT2D eigenvalue weighted by molar-refractivity contribution is 5.98. The van der Waals surface area contributed by atoms with E-state index in [1.807, 2.05) is 18.0 Å². The van der Waals surface area contributed by atoms with Crippen LogP contribution in [0, 0.1) is 0 Å². The van der Waals surface area contributed by atoms with Crippen molar-refractivity contribution in [1.29, 1.82) is 0 Å². The number of piperazine rings is 1. The number of nitrogens with one attached hydrogen (secondary N) is 1. The lowest BCUT2D eigenvalue weighted by Crippen LogP contribution is -2.47. The predicted molar refractivity (Wildman–Crippen MR) is 129 cm³/mol. The van der Waals surface area contributed by atoms with Gasteiger partial charge in [0.25, 0.3) is 5.91 Å². The van der Waals surface area contributed by atoms with Crippen LogP contribution in [0.3, 0.4) is 0 Å². The van der Waals surface area contributed by atoms with E-state index in [-0.39, 0.29) is 18.2 Å². The van der Waals surface area contributed by atoms with E-state index in [2.05, 4.69) is 10.2 Å². The minimum atomic E-state index is -0.209. The van der Waals surface area contributed by atoms with Crippen molar-refractivity contribution in [1.82, 2.24) is 9.80 Å². The number of anilines is 1. The molecule has 1 heterocycles. The van der Waals surface area contributed by atoms with Gasteiger partial charge in [0.1, 0.15) is 5.75 Å². The minimum absolute atomic E-state index is 0.0543. The normalized spacial score (nSPS) is 13.9. The van der Waals surface area contributed by atoms with Gasteiger partial charge in [-0.05, 0) is 43.3 Å². The number of carbonyl (C=O) groups excluding carboxylic acids is 2. The van der Waals surface area contributed by atoms with Gasteiger partial charge in [-0.3, -0.25) is 9.59 Å². The summed E-state index contributed by atoms with van der Waals surface area (Å²) in [6.45, 7) is 3.03. The number of hydrogen-bond donors (Lipinski definition) is 1. The molecular formula is C25H33N3O6. The van der Waals surface area contributed by atoms with Crippen molar-refractivity contribution >= 4 is 17.5 Å². The van der Waals surface area contributed by atoms with Crippen molar-refractivity contribution in [2.24, 2.45) is 0 Å². The Morgan fingerprint density at radius 1 is 0.853 bits per heavy atom. The molecule has 0 saturated carbocycles. The lowest BCUT2D eigenvalue weighted by Gasteiger charge is -2.32. The van der Waals surface area contributed by atoms with Crippen LogP contribution in [0.15, 0.2) is 30.3 Å². The van der Waals surface area contributed by atoms with E-state index in [4.69, 9.17) is 18.9 Å². The molecule has 0 radical (unpaired) electrons. The third-order valence-electron chi connectivity index (χ3n) is 5.92. The van der Waals surface area contributed by atoms with Crippen molar-refractivity contribution in [3.63, 3.8) is 0 Å². The van der Waals surface area contributed by atoms with E-state index in [9.17, 15) is 9.59 Å². The molecule has 2 aromatic carbocycles. The summed E-state index contributed by atoms with van der Waals surface area (Å²) in [6, 6.07) is 8.74. The Bertz CT molecular complexity index is 1020. The molecule has 0 aromatic heterocycles. The van der Waals surface area contributed by atoms with Crippen molar-refractivity contribution in [3.8, 4) is 23.0 Å². The summed E-state index contributed by atoms with van der Waals surface area (Å²) in [5.41, 5.74) is 1.80. The van der Waals surface area contributed by atoms with Crippen LogP contribution < -0.4 is 24.3 Å². The fourth-order valence-corrected chi connectivity index (χ4v) is 3.95. The molecule has 0 unspecified atom stereocenters. The Balaban J connectivity index is 1.71. The maximum Gasteiger partial charge on any atom is 0.254 e. The summed E-state index contributed by atoms with van der Waals surface area (Å²) >= 11 is 0. The van der Waals surface area contributed by atoms with Crippen molar-refractivity contribution in [3.05, 3.63) is 41.5 Å². The standard InChI is InChI=1S/C25H33N3O6/c1-27-12-14-28(15-13-27)25(30)18-7-9-20(31-2)19(16-18)26-22(29)11-8-17-6-10-21(32-3)24(34-5)23(17)33-4/h6-7,9-10,16H,8,11-15H2,1-5H3,(H,26,29). The van der Waals surface area contributed by atoms with Crippen LogP contribution in [0.1, 0.15) is 22.3 Å². The average Bonchev–Trinajstić information content (AvgIpc) is 2.86. The third kappa shape index (κ3) is 5.72. The van der Waals surface area contributed by atoms with Crippen LogP contribution in [0.25, 0.3) is 0 Å². The van der Waals surface area contributed by atoms with Crippen molar-refractivity contribution in [2.75, 3.05) is 67.0 Å². The molecule has 0 spiro atoms. The van der Waals surface area contributed by atoms with Crippen molar-refractivity contribution in [2.45, 2.75) is 12.8 Å². The minimum Gasteiger partial charge on any atom is -0.495 e. The highest BCUT2D eigenvalue weighted by Gasteiger charge is 2.22. The molecule has 1 aliphatic rings. The molecule has 2 amide bonds. The summed E-state index contributed by atoms with van der Waals surface area (Å²) < 4.78 is 21.6. The number of benzene rings is 2. The predicted octanol–water partition coefficient (Wildman–Crippen LogP) is 2.68. The fraction of sp³-hybridized carbons (Fsp3) is 0.440. The molecule has 0 atom stereocenters. The molecule has 1 N–H and O–H groups in total. The van der Waals surface area contributed by atoms with Gasteiger partial charge in [-0.1, -0.05) is 6.07 Å². The topological polar surface area (TPSA) is 89.6 Å². The van der Waals surface area contributed by atoms with Crippen LogP contribution in [-0.2, 0) is 11.2 Å². The molecule has 1 aliphatic heterocycles. The first-order valence-corrected chi connectivity index (χ1v) is 11.1. The van der Waals surface area contributed by atoms with Crippen molar-refractivity contribution < 1.29 is 28.5 Å². The second kappa shape index (κ2) is 11.6. The highest BCUT2D eigenvalue weighted by atomic mass is 16.5. The first-order valence-electron chi connectivity index (χ1n) is 11.1. The van der Waals surface area contributed by atoms with E-state index in [1.165, 1.54) is 7.11 Å². The molecule has 34 heavy (non-hydrogen) atoms. The fourth-order valence-electron chi connectivity index (χ4n) is 3.95. The molecule has 0 aliphatic carbocycles. The third-order valence-corrected chi connectivity index (χ3v) is 5.92. The Hall–Kier alpha value is -3.46. The molecule has 0 bridgehead atoms. The SMILES string of the molecule is COc1ccc(C(=O)N2CCN(C)CC2)cc1NC(=O)CCc1ccc(OC)c(OC)c1OC. The number of hydrogen-bond acceptors (Lipinski definition) is 7. The van der Waals surface area contributed by atoms with Gasteiger partial charge in [-0.2, -0.15) is 0 Å². The first kappa shape index (κ1) is 25.2. The van der Waals surface area contributed by atoms with Crippen LogP contribution in [0.2, 0.25) is 0 Å². The first-order chi connectivity index (χ1) is 16.4. The summed E-state index contributed by atoms with van der Waals surface area (Å²) in [5.74, 6) is 1.80. The van der Waals surface area contributed by atoms with Gasteiger partial charge in [0.15, 0.2) is 11.5 Å². The van der Waals surface area contributed by atoms with Gasteiger partial charge in [0.05, 0.1) is 34.1 Å². The monoisotopic (exact) mass is 471 g/mol. The van der Waals surface area contributed by atoms with E-state index in [1.54, 1.807) is 45.6 Å². The molecule has 2 aromatic rings. The second-order valence-corrected chi connectivity index (χ2v) is 8.05. The summed E-state index contributed by atoms with van der Waals surface area (Å²) in [4.78, 5) is 29.8. The molecule has 9 nitrogen and oxygen atoms in total. The summed E-state index contributed by atoms with van der Waals surface area (Å²) in [7, 11) is 8.22. The zero-order valence-corrected chi connectivity index (χ0v) is 20.5.